The Bertz CT molecular complexity index is 672. The maximum atomic E-state index is 12.0. The molecular formula is C13H12LiO3S. The van der Waals surface area contributed by atoms with Crippen LogP contribution in [0.25, 0.3) is 10.8 Å². The fourth-order valence-corrected chi connectivity index (χ4v) is 2.81. The Morgan fingerprint density at radius 1 is 1.11 bits per heavy atom. The molecular weight excluding hydrogens is 243 g/mol. The summed E-state index contributed by atoms with van der Waals surface area (Å²) in [5.74, 6) is 0.151. The predicted octanol–water partition coefficient (Wildman–Crippen LogP) is 2.70. The molecule has 0 heterocycles. The minimum Gasteiger partial charge on any atom is -0.384 e. The van der Waals surface area contributed by atoms with Crippen LogP contribution in [0.1, 0.15) is 6.92 Å². The van der Waals surface area contributed by atoms with Crippen LogP contribution in [0.2, 0.25) is 0 Å². The Labute approximate surface area is 119 Å². The summed E-state index contributed by atoms with van der Waals surface area (Å²) < 4.78 is 28.8. The molecule has 0 aliphatic rings. The molecule has 0 N–H and O–H groups in total. The van der Waals surface area contributed by atoms with E-state index in [2.05, 4.69) is 6.58 Å². The summed E-state index contributed by atoms with van der Waals surface area (Å²) in [6, 6.07) is 12.3. The van der Waals surface area contributed by atoms with E-state index in [1.54, 1.807) is 18.2 Å². The van der Waals surface area contributed by atoms with Gasteiger partial charge < -0.3 is 4.18 Å². The molecule has 0 aliphatic heterocycles. The first-order valence-corrected chi connectivity index (χ1v) is 6.49. The Morgan fingerprint density at radius 3 is 2.39 bits per heavy atom. The van der Waals surface area contributed by atoms with Crippen molar-refractivity contribution in [2.45, 2.75) is 11.8 Å². The number of fused-ring (bicyclic) bond motifs is 1. The van der Waals surface area contributed by atoms with Crippen LogP contribution in [0, 0.1) is 0 Å². The largest absolute Gasteiger partial charge is 0.384 e. The monoisotopic (exact) mass is 255 g/mol. The van der Waals surface area contributed by atoms with Crippen LogP contribution in [0.4, 0.5) is 0 Å². The van der Waals surface area contributed by atoms with Gasteiger partial charge in [-0.15, -0.1) is 0 Å². The van der Waals surface area contributed by atoms with Crippen LogP contribution >= 0.6 is 0 Å². The fraction of sp³-hybridized carbons (Fsp3) is 0.0769. The second-order valence-corrected chi connectivity index (χ2v) is 5.23. The van der Waals surface area contributed by atoms with Crippen LogP contribution in [0.3, 0.4) is 0 Å². The van der Waals surface area contributed by atoms with E-state index in [1.807, 2.05) is 18.2 Å². The summed E-state index contributed by atoms with van der Waals surface area (Å²) in [6.45, 7) is 4.95. The van der Waals surface area contributed by atoms with Gasteiger partial charge in [-0.25, -0.2) is 0 Å². The van der Waals surface area contributed by atoms with Crippen molar-refractivity contribution in [3.8, 4) is 0 Å². The molecule has 0 aliphatic carbocycles. The van der Waals surface area contributed by atoms with E-state index in [0.29, 0.717) is 5.39 Å². The molecule has 89 valence electrons. The molecule has 0 unspecified atom stereocenters. The molecule has 1 radical (unpaired) electrons. The van der Waals surface area contributed by atoms with Gasteiger partial charge in [0.2, 0.25) is 0 Å². The second-order valence-electron chi connectivity index (χ2n) is 3.72. The molecule has 0 atom stereocenters. The standard InChI is InChI=1S/C13H12O3S.Li/c1-10(2)16-17(14,15)13-9-5-7-11-6-3-4-8-12(11)13;/h3-9H,1H2,2H3;. The number of allylic oxidation sites excluding steroid dienone is 1. The Kier molecular flexibility index (Phi) is 4.63. The third-order valence-electron chi connectivity index (χ3n) is 2.27. The molecule has 0 bridgehead atoms. The van der Waals surface area contributed by atoms with Gasteiger partial charge in [0.25, 0.3) is 0 Å². The number of hydrogen-bond acceptors (Lipinski definition) is 3. The molecule has 0 fully saturated rings. The van der Waals surface area contributed by atoms with Gasteiger partial charge in [-0.3, -0.25) is 0 Å². The van der Waals surface area contributed by atoms with Crippen molar-refractivity contribution < 1.29 is 12.6 Å². The summed E-state index contributed by atoms with van der Waals surface area (Å²) in [5, 5.41) is 1.51. The molecule has 5 heteroatoms. The maximum Gasteiger partial charge on any atom is 0.339 e. The number of benzene rings is 2. The smallest absolute Gasteiger partial charge is 0.339 e. The van der Waals surface area contributed by atoms with Crippen LogP contribution in [0.5, 0.6) is 0 Å². The summed E-state index contributed by atoms with van der Waals surface area (Å²) in [4.78, 5) is 0.165. The van der Waals surface area contributed by atoms with Gasteiger partial charge in [0, 0.05) is 24.2 Å². The molecule has 0 amide bonds. The molecule has 0 saturated heterocycles. The Hall–Kier alpha value is -1.21. The zero-order valence-electron chi connectivity index (χ0n) is 10.4. The average Bonchev–Trinajstić information content (AvgIpc) is 2.26. The van der Waals surface area contributed by atoms with E-state index < -0.39 is 10.1 Å². The van der Waals surface area contributed by atoms with Crippen molar-refractivity contribution in [1.82, 2.24) is 0 Å². The average molecular weight is 255 g/mol. The van der Waals surface area contributed by atoms with Crippen molar-refractivity contribution in [2.75, 3.05) is 0 Å². The summed E-state index contributed by atoms with van der Waals surface area (Å²) in [6.07, 6.45) is 0. The summed E-state index contributed by atoms with van der Waals surface area (Å²) in [7, 11) is -3.79. The Morgan fingerprint density at radius 2 is 1.72 bits per heavy atom. The van der Waals surface area contributed by atoms with Crippen molar-refractivity contribution in [2.24, 2.45) is 0 Å². The quantitative estimate of drug-likeness (QED) is 0.481. The summed E-state index contributed by atoms with van der Waals surface area (Å²) in [5.41, 5.74) is 0. The SMILES string of the molecule is C=C(C)OS(=O)(=O)c1cccc2ccccc12.[Li]. The van der Waals surface area contributed by atoms with Gasteiger partial charge in [0.1, 0.15) is 10.7 Å². The van der Waals surface area contributed by atoms with Gasteiger partial charge in [-0.2, -0.15) is 8.42 Å². The molecule has 2 rings (SSSR count). The van der Waals surface area contributed by atoms with Crippen LogP contribution in [0.15, 0.2) is 59.7 Å². The van der Waals surface area contributed by atoms with Crippen molar-refractivity contribution in [3.05, 3.63) is 54.8 Å². The van der Waals surface area contributed by atoms with Gasteiger partial charge in [0.05, 0.1) is 0 Å². The summed E-state index contributed by atoms with van der Waals surface area (Å²) >= 11 is 0. The third-order valence-corrected chi connectivity index (χ3v) is 3.67. The normalized spacial score (nSPS) is 10.7. The number of rotatable bonds is 3. The van der Waals surface area contributed by atoms with Crippen LogP contribution < -0.4 is 0 Å². The first kappa shape index (κ1) is 14.8. The van der Waals surface area contributed by atoms with Gasteiger partial charge in [-0.1, -0.05) is 43.0 Å². The zero-order chi connectivity index (χ0) is 12.5. The molecule has 2 aromatic carbocycles. The van der Waals surface area contributed by atoms with Crippen LogP contribution in [-0.2, 0) is 14.3 Å². The van der Waals surface area contributed by atoms with E-state index in [1.165, 1.54) is 13.0 Å². The minimum atomic E-state index is -3.79. The van der Waals surface area contributed by atoms with E-state index in [9.17, 15) is 8.42 Å². The van der Waals surface area contributed by atoms with E-state index in [4.69, 9.17) is 4.18 Å². The maximum absolute atomic E-state index is 12.0. The van der Waals surface area contributed by atoms with Crippen molar-refractivity contribution >= 4 is 39.8 Å². The molecule has 0 spiro atoms. The first-order valence-electron chi connectivity index (χ1n) is 5.08. The van der Waals surface area contributed by atoms with Gasteiger partial charge in [0.15, 0.2) is 0 Å². The molecule has 3 nitrogen and oxygen atoms in total. The predicted molar refractivity (Wildman–Crippen MR) is 72.8 cm³/mol. The van der Waals surface area contributed by atoms with Crippen LogP contribution in [-0.4, -0.2) is 27.3 Å². The van der Waals surface area contributed by atoms with E-state index in [0.717, 1.165) is 5.39 Å². The Balaban J connectivity index is 0.00000162. The van der Waals surface area contributed by atoms with Gasteiger partial charge >= 0.3 is 10.1 Å². The topological polar surface area (TPSA) is 43.4 Å². The minimum absolute atomic E-state index is 0. The first-order chi connectivity index (χ1) is 8.00. The second kappa shape index (κ2) is 5.62. The zero-order valence-corrected chi connectivity index (χ0v) is 11.2. The van der Waals surface area contributed by atoms with E-state index >= 15 is 0 Å². The third kappa shape index (κ3) is 2.97. The van der Waals surface area contributed by atoms with E-state index in [-0.39, 0.29) is 29.5 Å². The molecule has 0 saturated carbocycles. The molecule has 0 aromatic heterocycles. The van der Waals surface area contributed by atoms with Crippen molar-refractivity contribution in [1.29, 1.82) is 0 Å². The number of hydrogen-bond donors (Lipinski definition) is 0. The molecule has 18 heavy (non-hydrogen) atoms. The molecule has 2 aromatic rings. The van der Waals surface area contributed by atoms with Crippen molar-refractivity contribution in [3.63, 3.8) is 0 Å². The van der Waals surface area contributed by atoms with Gasteiger partial charge in [-0.05, 0) is 18.4 Å². The fourth-order valence-electron chi connectivity index (χ4n) is 1.65.